The molecule has 5 nitrogen and oxygen atoms in total. The maximum atomic E-state index is 12.7. The number of hydrogen-bond acceptors (Lipinski definition) is 5. The van der Waals surface area contributed by atoms with Gasteiger partial charge >= 0.3 is 0 Å². The van der Waals surface area contributed by atoms with E-state index in [0.717, 1.165) is 5.56 Å². The standard InChI is InChI=1S/C19H20O5/c1-21-15-12-16(22-2)18(23-3)19(24-4)17(15)14(20)11-10-13-8-6-5-7-9-13/h5-12H,1-4H3/b11-10+. The lowest BCUT2D eigenvalue weighted by molar-refractivity contribution is 0.104. The highest BCUT2D eigenvalue weighted by Crippen LogP contribution is 2.45. The lowest BCUT2D eigenvalue weighted by atomic mass is 10.0. The normalized spacial score (nSPS) is 10.5. The van der Waals surface area contributed by atoms with Gasteiger partial charge in [-0.05, 0) is 11.6 Å². The van der Waals surface area contributed by atoms with Crippen molar-refractivity contribution in [1.82, 2.24) is 0 Å². The third-order valence-electron chi connectivity index (χ3n) is 3.49. The van der Waals surface area contributed by atoms with Gasteiger partial charge in [-0.2, -0.15) is 0 Å². The second-order valence-corrected chi connectivity index (χ2v) is 4.83. The van der Waals surface area contributed by atoms with E-state index in [4.69, 9.17) is 18.9 Å². The molecule has 0 unspecified atom stereocenters. The summed E-state index contributed by atoms with van der Waals surface area (Å²) in [4.78, 5) is 12.7. The molecule has 0 bridgehead atoms. The molecule has 0 aromatic heterocycles. The first kappa shape index (κ1) is 17.4. The van der Waals surface area contributed by atoms with Crippen LogP contribution in [0.15, 0.2) is 42.5 Å². The third kappa shape index (κ3) is 3.51. The minimum atomic E-state index is -0.256. The molecule has 24 heavy (non-hydrogen) atoms. The van der Waals surface area contributed by atoms with Crippen molar-refractivity contribution in [2.45, 2.75) is 0 Å². The summed E-state index contributed by atoms with van der Waals surface area (Å²) in [6.45, 7) is 0. The molecule has 5 heteroatoms. The first-order chi connectivity index (χ1) is 11.7. The number of carbonyl (C=O) groups is 1. The van der Waals surface area contributed by atoms with Crippen LogP contribution in [-0.4, -0.2) is 34.2 Å². The van der Waals surface area contributed by atoms with Crippen LogP contribution >= 0.6 is 0 Å². The molecule has 126 valence electrons. The Kier molecular flexibility index (Phi) is 5.84. The van der Waals surface area contributed by atoms with Crippen LogP contribution in [0.5, 0.6) is 23.0 Å². The lowest BCUT2D eigenvalue weighted by Gasteiger charge is -2.17. The molecular weight excluding hydrogens is 308 g/mol. The fourth-order valence-electron chi connectivity index (χ4n) is 2.35. The molecule has 2 aromatic carbocycles. The van der Waals surface area contributed by atoms with Crippen LogP contribution in [0.3, 0.4) is 0 Å². The topological polar surface area (TPSA) is 54.0 Å². The Labute approximate surface area is 141 Å². The molecule has 0 radical (unpaired) electrons. The van der Waals surface area contributed by atoms with Gasteiger partial charge in [0.05, 0.1) is 28.4 Å². The van der Waals surface area contributed by atoms with Gasteiger partial charge in [0.15, 0.2) is 17.3 Å². The van der Waals surface area contributed by atoms with Crippen LogP contribution in [-0.2, 0) is 0 Å². The molecule has 0 N–H and O–H groups in total. The van der Waals surface area contributed by atoms with Crippen LogP contribution in [0.4, 0.5) is 0 Å². The van der Waals surface area contributed by atoms with Crippen LogP contribution in [0.2, 0.25) is 0 Å². The molecule has 0 aliphatic carbocycles. The molecule has 0 aliphatic heterocycles. The number of rotatable bonds is 7. The highest BCUT2D eigenvalue weighted by molar-refractivity contribution is 6.11. The maximum absolute atomic E-state index is 12.7. The number of benzene rings is 2. The molecule has 0 saturated heterocycles. The predicted octanol–water partition coefficient (Wildman–Crippen LogP) is 3.62. The van der Waals surface area contributed by atoms with Gasteiger partial charge in [0.2, 0.25) is 5.75 Å². The van der Waals surface area contributed by atoms with E-state index >= 15 is 0 Å². The van der Waals surface area contributed by atoms with E-state index in [0.29, 0.717) is 17.2 Å². The number of ether oxygens (including phenoxy) is 4. The summed E-state index contributed by atoms with van der Waals surface area (Å²) in [7, 11) is 5.95. The Balaban J connectivity index is 2.51. The SMILES string of the molecule is COc1cc(OC)c(C(=O)/C=C/c2ccccc2)c(OC)c1OC. The first-order valence-corrected chi connectivity index (χ1v) is 7.30. The molecule has 0 atom stereocenters. The van der Waals surface area contributed by atoms with Crippen molar-refractivity contribution in [2.75, 3.05) is 28.4 Å². The molecule has 2 rings (SSSR count). The second-order valence-electron chi connectivity index (χ2n) is 4.83. The van der Waals surface area contributed by atoms with E-state index in [9.17, 15) is 4.79 Å². The summed E-state index contributed by atoms with van der Waals surface area (Å²) in [5.74, 6) is 1.14. The Hall–Kier alpha value is -2.95. The fourth-order valence-corrected chi connectivity index (χ4v) is 2.35. The molecule has 0 heterocycles. The van der Waals surface area contributed by atoms with E-state index in [1.165, 1.54) is 34.5 Å². The summed E-state index contributed by atoms with van der Waals surface area (Å²) < 4.78 is 21.3. The van der Waals surface area contributed by atoms with Crippen molar-refractivity contribution in [3.63, 3.8) is 0 Å². The van der Waals surface area contributed by atoms with Crippen LogP contribution in [0.25, 0.3) is 6.08 Å². The van der Waals surface area contributed by atoms with E-state index in [1.807, 2.05) is 30.3 Å². The van der Waals surface area contributed by atoms with Gasteiger partial charge in [-0.1, -0.05) is 36.4 Å². The zero-order valence-corrected chi connectivity index (χ0v) is 14.2. The second kappa shape index (κ2) is 8.06. The smallest absolute Gasteiger partial charge is 0.204 e. The zero-order chi connectivity index (χ0) is 17.5. The number of carbonyl (C=O) groups excluding carboxylic acids is 1. The van der Waals surface area contributed by atoms with E-state index in [2.05, 4.69) is 0 Å². The van der Waals surface area contributed by atoms with Gasteiger partial charge in [0, 0.05) is 6.07 Å². The Bertz CT molecular complexity index is 735. The van der Waals surface area contributed by atoms with Gasteiger partial charge in [-0.3, -0.25) is 4.79 Å². The quantitative estimate of drug-likeness (QED) is 0.574. The monoisotopic (exact) mass is 328 g/mol. The molecular formula is C19H20O5. The molecule has 2 aromatic rings. The van der Waals surface area contributed by atoms with E-state index < -0.39 is 0 Å². The van der Waals surface area contributed by atoms with Crippen LogP contribution in [0, 0.1) is 0 Å². The summed E-state index contributed by atoms with van der Waals surface area (Å²) >= 11 is 0. The van der Waals surface area contributed by atoms with Gasteiger partial charge in [-0.25, -0.2) is 0 Å². The third-order valence-corrected chi connectivity index (χ3v) is 3.49. The van der Waals surface area contributed by atoms with E-state index in [-0.39, 0.29) is 17.1 Å². The van der Waals surface area contributed by atoms with Crippen LogP contribution in [0.1, 0.15) is 15.9 Å². The van der Waals surface area contributed by atoms with Gasteiger partial charge in [0.1, 0.15) is 11.3 Å². The summed E-state index contributed by atoms with van der Waals surface area (Å²) in [5.41, 5.74) is 1.20. The average Bonchev–Trinajstić information content (AvgIpc) is 2.64. The average molecular weight is 328 g/mol. The van der Waals surface area contributed by atoms with E-state index in [1.54, 1.807) is 12.1 Å². The molecule has 0 aliphatic rings. The molecule has 0 saturated carbocycles. The van der Waals surface area contributed by atoms with Crippen molar-refractivity contribution < 1.29 is 23.7 Å². The number of allylic oxidation sites excluding steroid dienone is 1. The lowest BCUT2D eigenvalue weighted by Crippen LogP contribution is -2.06. The van der Waals surface area contributed by atoms with Crippen molar-refractivity contribution in [1.29, 1.82) is 0 Å². The Morgan fingerprint density at radius 1 is 0.833 bits per heavy atom. The molecule has 0 spiro atoms. The predicted molar refractivity (Wildman–Crippen MR) is 92.5 cm³/mol. The van der Waals surface area contributed by atoms with Crippen molar-refractivity contribution in [3.8, 4) is 23.0 Å². The largest absolute Gasteiger partial charge is 0.496 e. The number of hydrogen-bond donors (Lipinski definition) is 0. The molecule has 0 fully saturated rings. The van der Waals surface area contributed by atoms with Crippen LogP contribution < -0.4 is 18.9 Å². The molecule has 0 amide bonds. The fraction of sp³-hybridized carbons (Fsp3) is 0.211. The highest BCUT2D eigenvalue weighted by Gasteiger charge is 2.24. The summed E-state index contributed by atoms with van der Waals surface area (Å²) in [6.07, 6.45) is 3.21. The minimum absolute atomic E-state index is 0.256. The van der Waals surface area contributed by atoms with Crippen molar-refractivity contribution in [3.05, 3.63) is 53.6 Å². The van der Waals surface area contributed by atoms with Crippen molar-refractivity contribution in [2.24, 2.45) is 0 Å². The van der Waals surface area contributed by atoms with Gasteiger partial charge in [-0.15, -0.1) is 0 Å². The van der Waals surface area contributed by atoms with Gasteiger partial charge in [0.25, 0.3) is 0 Å². The van der Waals surface area contributed by atoms with Gasteiger partial charge < -0.3 is 18.9 Å². The van der Waals surface area contributed by atoms with Crippen molar-refractivity contribution >= 4 is 11.9 Å². The summed E-state index contributed by atoms with van der Waals surface area (Å²) in [6, 6.07) is 11.1. The zero-order valence-electron chi connectivity index (χ0n) is 14.2. The number of ketones is 1. The minimum Gasteiger partial charge on any atom is -0.496 e. The highest BCUT2D eigenvalue weighted by atomic mass is 16.5. The Morgan fingerprint density at radius 2 is 1.46 bits per heavy atom. The number of methoxy groups -OCH3 is 4. The first-order valence-electron chi connectivity index (χ1n) is 7.30. The maximum Gasteiger partial charge on any atom is 0.204 e. The Morgan fingerprint density at radius 3 is 2.00 bits per heavy atom. The summed E-state index contributed by atoms with van der Waals surface area (Å²) in [5, 5.41) is 0.